The fourth-order valence-electron chi connectivity index (χ4n) is 4.85. The highest BCUT2D eigenvalue weighted by Crippen LogP contribution is 2.46. The van der Waals surface area contributed by atoms with Crippen molar-refractivity contribution >= 4 is 28.7 Å². The summed E-state index contributed by atoms with van der Waals surface area (Å²) in [5, 5.41) is 9.71. The number of Topliss-reactive ketones (excluding diaryl/α,β-unsaturated/α-hetero) is 1. The molecular formula is C27H22F2N2O2S. The zero-order valence-corrected chi connectivity index (χ0v) is 19.2. The summed E-state index contributed by atoms with van der Waals surface area (Å²) in [6.45, 7) is 1.79. The van der Waals surface area contributed by atoms with Crippen LogP contribution in [0, 0.1) is 11.6 Å². The predicted molar refractivity (Wildman–Crippen MR) is 128 cm³/mol. The SMILES string of the molecule is CC1=C(C(=O)Nc2ccc(F)cc2F)[C@@H](c2ccsc2)C2=C(C[C@@H](c3ccccc3)CC2=O)N1. The van der Waals surface area contributed by atoms with E-state index in [0.717, 1.165) is 29.0 Å². The molecule has 0 unspecified atom stereocenters. The van der Waals surface area contributed by atoms with Crippen LogP contribution in [-0.4, -0.2) is 11.7 Å². The van der Waals surface area contributed by atoms with E-state index in [4.69, 9.17) is 0 Å². The van der Waals surface area contributed by atoms with Gasteiger partial charge in [0.2, 0.25) is 0 Å². The number of hydrogen-bond acceptors (Lipinski definition) is 4. The lowest BCUT2D eigenvalue weighted by atomic mass is 9.72. The predicted octanol–water partition coefficient (Wildman–Crippen LogP) is 6.03. The molecule has 172 valence electrons. The Morgan fingerprint density at radius 2 is 1.85 bits per heavy atom. The van der Waals surface area contributed by atoms with E-state index in [9.17, 15) is 18.4 Å². The Kier molecular flexibility index (Phi) is 5.87. The van der Waals surface area contributed by atoms with Crippen molar-refractivity contribution < 1.29 is 18.4 Å². The molecule has 0 bridgehead atoms. The van der Waals surface area contributed by atoms with E-state index in [-0.39, 0.29) is 17.4 Å². The monoisotopic (exact) mass is 476 g/mol. The summed E-state index contributed by atoms with van der Waals surface area (Å²) in [5.41, 5.74) is 4.20. The number of halogens is 2. The van der Waals surface area contributed by atoms with Crippen LogP contribution in [0.4, 0.5) is 14.5 Å². The highest BCUT2D eigenvalue weighted by molar-refractivity contribution is 7.08. The molecule has 34 heavy (non-hydrogen) atoms. The second-order valence-corrected chi connectivity index (χ2v) is 9.34. The van der Waals surface area contributed by atoms with Gasteiger partial charge in [0.15, 0.2) is 5.78 Å². The number of rotatable bonds is 4. The number of benzene rings is 2. The first-order valence-electron chi connectivity index (χ1n) is 11.0. The molecule has 5 rings (SSSR count). The Hall–Kier alpha value is -3.58. The summed E-state index contributed by atoms with van der Waals surface area (Å²) in [7, 11) is 0. The number of carbonyl (C=O) groups is 2. The first-order chi connectivity index (χ1) is 16.4. The maximum absolute atomic E-state index is 14.2. The number of thiophene rings is 1. The van der Waals surface area contributed by atoms with E-state index in [1.165, 1.54) is 17.4 Å². The van der Waals surface area contributed by atoms with Gasteiger partial charge >= 0.3 is 0 Å². The van der Waals surface area contributed by atoms with E-state index in [0.29, 0.717) is 29.7 Å². The number of dihydropyridines is 1. The lowest BCUT2D eigenvalue weighted by Gasteiger charge is -2.36. The Bertz CT molecular complexity index is 1330. The molecule has 0 fully saturated rings. The number of allylic oxidation sites excluding steroid dienone is 3. The molecule has 0 saturated carbocycles. The maximum Gasteiger partial charge on any atom is 0.254 e. The van der Waals surface area contributed by atoms with Crippen molar-refractivity contribution in [3.63, 3.8) is 0 Å². The molecule has 0 spiro atoms. The van der Waals surface area contributed by atoms with E-state index < -0.39 is 23.5 Å². The van der Waals surface area contributed by atoms with Gasteiger partial charge in [-0.25, -0.2) is 8.78 Å². The third-order valence-corrected chi connectivity index (χ3v) is 7.10. The molecular weight excluding hydrogens is 454 g/mol. The van der Waals surface area contributed by atoms with Gasteiger partial charge < -0.3 is 10.6 Å². The van der Waals surface area contributed by atoms with Gasteiger partial charge in [-0.2, -0.15) is 11.3 Å². The summed E-state index contributed by atoms with van der Waals surface area (Å²) in [6, 6.07) is 14.8. The third kappa shape index (κ3) is 4.07. The van der Waals surface area contributed by atoms with E-state index in [2.05, 4.69) is 10.6 Å². The Morgan fingerprint density at radius 1 is 1.06 bits per heavy atom. The van der Waals surface area contributed by atoms with E-state index >= 15 is 0 Å². The fraction of sp³-hybridized carbons (Fsp3) is 0.185. The second-order valence-electron chi connectivity index (χ2n) is 8.56. The molecule has 1 amide bonds. The first kappa shape index (κ1) is 22.2. The minimum atomic E-state index is -0.859. The van der Waals surface area contributed by atoms with E-state index in [1.807, 2.05) is 47.2 Å². The zero-order valence-electron chi connectivity index (χ0n) is 18.4. The van der Waals surface area contributed by atoms with E-state index in [1.54, 1.807) is 6.92 Å². The van der Waals surface area contributed by atoms with Gasteiger partial charge in [-0.3, -0.25) is 9.59 Å². The van der Waals surface area contributed by atoms with Crippen molar-refractivity contribution in [2.45, 2.75) is 31.6 Å². The summed E-state index contributed by atoms with van der Waals surface area (Å²) in [5.74, 6) is -2.63. The van der Waals surface area contributed by atoms with Crippen LogP contribution in [0.2, 0.25) is 0 Å². The summed E-state index contributed by atoms with van der Waals surface area (Å²) < 4.78 is 27.6. The summed E-state index contributed by atoms with van der Waals surface area (Å²) in [4.78, 5) is 26.9. The average molecular weight is 477 g/mol. The molecule has 2 aromatic carbocycles. The van der Waals surface area contributed by atoms with Crippen molar-refractivity contribution in [2.24, 2.45) is 0 Å². The maximum atomic E-state index is 14.2. The molecule has 1 aliphatic carbocycles. The normalized spacial score (nSPS) is 20.1. The molecule has 2 N–H and O–H groups in total. The average Bonchev–Trinajstić information content (AvgIpc) is 3.35. The quantitative estimate of drug-likeness (QED) is 0.484. The number of hydrogen-bond donors (Lipinski definition) is 2. The first-order valence-corrected chi connectivity index (χ1v) is 11.9. The molecule has 2 heterocycles. The number of nitrogens with one attached hydrogen (secondary N) is 2. The molecule has 7 heteroatoms. The lowest BCUT2D eigenvalue weighted by molar-refractivity contribution is -0.116. The van der Waals surface area contributed by atoms with Crippen LogP contribution in [0.3, 0.4) is 0 Å². The molecule has 1 aliphatic heterocycles. The lowest BCUT2D eigenvalue weighted by Crippen LogP contribution is -2.37. The van der Waals surface area contributed by atoms with Crippen LogP contribution in [0.1, 0.15) is 42.7 Å². The minimum Gasteiger partial charge on any atom is -0.362 e. The van der Waals surface area contributed by atoms with Crippen LogP contribution in [0.5, 0.6) is 0 Å². The minimum absolute atomic E-state index is 0.00966. The van der Waals surface area contributed by atoms with Crippen LogP contribution >= 0.6 is 11.3 Å². The van der Waals surface area contributed by atoms with Gasteiger partial charge in [-0.1, -0.05) is 30.3 Å². The Labute approximate surface area is 200 Å². The van der Waals surface area contributed by atoms with Gasteiger partial charge in [0, 0.05) is 40.9 Å². The molecule has 1 aromatic heterocycles. The van der Waals surface area contributed by atoms with Gasteiger partial charge in [0.1, 0.15) is 11.6 Å². The molecule has 4 nitrogen and oxygen atoms in total. The smallest absolute Gasteiger partial charge is 0.254 e. The largest absolute Gasteiger partial charge is 0.362 e. The summed E-state index contributed by atoms with van der Waals surface area (Å²) >= 11 is 1.48. The molecule has 2 atom stereocenters. The number of ketones is 1. The molecule has 3 aromatic rings. The zero-order chi connectivity index (χ0) is 23.8. The Balaban J connectivity index is 1.53. The second kappa shape index (κ2) is 8.99. The number of anilines is 1. The topological polar surface area (TPSA) is 58.2 Å². The van der Waals surface area contributed by atoms with Gasteiger partial charge in [0.05, 0.1) is 5.69 Å². The van der Waals surface area contributed by atoms with Gasteiger partial charge in [-0.05, 0) is 59.3 Å². The van der Waals surface area contributed by atoms with Crippen molar-refractivity contribution in [3.8, 4) is 0 Å². The molecule has 2 aliphatic rings. The standard InChI is InChI=1S/C27H22F2N2O2S/c1-15-24(27(33)31-21-8-7-19(28)13-20(21)29)25(17-9-10-34-14-17)26-22(30-15)11-18(12-23(26)32)16-5-3-2-4-6-16/h2-10,13-14,18,25,30H,11-12H2,1H3,(H,31,33)/t18-,25-/m1/s1. The highest BCUT2D eigenvalue weighted by atomic mass is 32.1. The fourth-order valence-corrected chi connectivity index (χ4v) is 5.54. The van der Waals surface area contributed by atoms with Gasteiger partial charge in [-0.15, -0.1) is 0 Å². The molecule has 0 radical (unpaired) electrons. The van der Waals surface area contributed by atoms with Crippen molar-refractivity contribution in [3.05, 3.63) is 111 Å². The van der Waals surface area contributed by atoms with Crippen LogP contribution < -0.4 is 10.6 Å². The summed E-state index contributed by atoms with van der Waals surface area (Å²) in [6.07, 6.45) is 1.01. The number of carbonyl (C=O) groups excluding carboxylic acids is 2. The third-order valence-electron chi connectivity index (χ3n) is 6.40. The van der Waals surface area contributed by atoms with Crippen molar-refractivity contribution in [1.29, 1.82) is 0 Å². The van der Waals surface area contributed by atoms with Crippen LogP contribution in [0.15, 0.2) is 87.9 Å². The van der Waals surface area contributed by atoms with Crippen molar-refractivity contribution in [2.75, 3.05) is 5.32 Å². The highest BCUT2D eigenvalue weighted by Gasteiger charge is 2.41. The number of amides is 1. The van der Waals surface area contributed by atoms with Crippen LogP contribution in [0.25, 0.3) is 0 Å². The Morgan fingerprint density at radius 3 is 2.56 bits per heavy atom. The molecule has 0 saturated heterocycles. The van der Waals surface area contributed by atoms with Crippen molar-refractivity contribution in [1.82, 2.24) is 5.32 Å². The van der Waals surface area contributed by atoms with Crippen LogP contribution in [-0.2, 0) is 9.59 Å². The van der Waals surface area contributed by atoms with Gasteiger partial charge in [0.25, 0.3) is 5.91 Å².